The van der Waals surface area contributed by atoms with Crippen LogP contribution in [0.3, 0.4) is 0 Å². The molecule has 1 unspecified atom stereocenters. The lowest BCUT2D eigenvalue weighted by Crippen LogP contribution is -2.19. The van der Waals surface area contributed by atoms with Gasteiger partial charge in [0, 0.05) is 30.5 Å². The molecule has 19 heavy (non-hydrogen) atoms. The second-order valence-electron chi connectivity index (χ2n) is 4.73. The smallest absolute Gasteiger partial charge is 0.270 e. The van der Waals surface area contributed by atoms with Crippen LogP contribution in [0.2, 0.25) is 0 Å². The maximum atomic E-state index is 13.1. The maximum Gasteiger partial charge on any atom is 0.270 e. The van der Waals surface area contributed by atoms with Gasteiger partial charge in [-0.3, -0.25) is 9.59 Å². The fourth-order valence-electron chi connectivity index (χ4n) is 1.50. The summed E-state index contributed by atoms with van der Waals surface area (Å²) in [5.41, 5.74) is 0.143. The van der Waals surface area contributed by atoms with Crippen LogP contribution in [0.1, 0.15) is 32.8 Å². The van der Waals surface area contributed by atoms with E-state index in [1.54, 1.807) is 6.92 Å². The van der Waals surface area contributed by atoms with Gasteiger partial charge in [0.15, 0.2) is 0 Å². The van der Waals surface area contributed by atoms with Crippen LogP contribution >= 0.6 is 0 Å². The van der Waals surface area contributed by atoms with Crippen molar-refractivity contribution < 1.29 is 18.4 Å². The van der Waals surface area contributed by atoms with Gasteiger partial charge in [-0.25, -0.2) is 8.78 Å². The average Bonchev–Trinajstić information content (AvgIpc) is 2.27. The van der Waals surface area contributed by atoms with Crippen molar-refractivity contribution in [2.75, 3.05) is 5.32 Å². The lowest BCUT2D eigenvalue weighted by Gasteiger charge is -2.13. The van der Waals surface area contributed by atoms with Crippen molar-refractivity contribution in [3.8, 4) is 0 Å². The zero-order valence-corrected chi connectivity index (χ0v) is 11.2. The number of amides is 1. The minimum absolute atomic E-state index is 0.0437. The average molecular weight is 269 g/mol. The molecule has 0 bridgehead atoms. The summed E-state index contributed by atoms with van der Waals surface area (Å²) in [5.74, 6) is -3.77. The number of ketones is 1. The van der Waals surface area contributed by atoms with Gasteiger partial charge in [-0.1, -0.05) is 19.1 Å². The first-order valence-corrected chi connectivity index (χ1v) is 5.99. The van der Waals surface area contributed by atoms with Crippen molar-refractivity contribution >= 4 is 17.4 Å². The van der Waals surface area contributed by atoms with E-state index in [2.05, 4.69) is 5.32 Å². The molecule has 0 aliphatic rings. The molecule has 0 fully saturated rings. The summed E-state index contributed by atoms with van der Waals surface area (Å²) in [5, 5.41) is 2.52. The Hall–Kier alpha value is -1.78. The fraction of sp³-hybridized carbons (Fsp3) is 0.429. The van der Waals surface area contributed by atoms with Crippen molar-refractivity contribution in [3.05, 3.63) is 29.8 Å². The summed E-state index contributed by atoms with van der Waals surface area (Å²) in [6.07, 6.45) is 0.0437. The normalized spacial score (nSPS) is 12.9. The van der Waals surface area contributed by atoms with E-state index in [4.69, 9.17) is 0 Å². The molecule has 5 heteroatoms. The molecule has 1 N–H and O–H groups in total. The number of rotatable bonds is 5. The van der Waals surface area contributed by atoms with Crippen molar-refractivity contribution in [3.63, 3.8) is 0 Å². The van der Waals surface area contributed by atoms with E-state index in [9.17, 15) is 18.4 Å². The Balaban J connectivity index is 2.73. The van der Waals surface area contributed by atoms with Gasteiger partial charge in [0.05, 0.1) is 0 Å². The van der Waals surface area contributed by atoms with Crippen LogP contribution in [0.15, 0.2) is 24.3 Å². The van der Waals surface area contributed by atoms with Crippen molar-refractivity contribution in [2.45, 2.75) is 33.1 Å². The monoisotopic (exact) mass is 269 g/mol. The highest BCUT2D eigenvalue weighted by Crippen LogP contribution is 2.28. The molecule has 1 aromatic carbocycles. The molecule has 0 aliphatic heterocycles. The third-order valence-corrected chi connectivity index (χ3v) is 2.84. The third-order valence-electron chi connectivity index (χ3n) is 2.84. The molecule has 3 nitrogen and oxygen atoms in total. The molecule has 0 radical (unpaired) electrons. The Kier molecular flexibility index (Phi) is 4.75. The zero-order chi connectivity index (χ0) is 14.6. The number of alkyl halides is 2. The lowest BCUT2D eigenvalue weighted by molar-refractivity contribution is -0.124. The van der Waals surface area contributed by atoms with Crippen LogP contribution in [-0.2, 0) is 15.5 Å². The largest absolute Gasteiger partial charge is 0.326 e. The fourth-order valence-corrected chi connectivity index (χ4v) is 1.50. The molecule has 0 aliphatic carbocycles. The molecular weight excluding hydrogens is 252 g/mol. The summed E-state index contributed by atoms with van der Waals surface area (Å²) in [4.78, 5) is 22.7. The lowest BCUT2D eigenvalue weighted by atomic mass is 10.0. The predicted molar refractivity (Wildman–Crippen MR) is 69.1 cm³/mol. The SMILES string of the molecule is CC(=O)C(C)CC(=O)Nc1cccc(C(C)(F)F)c1. The Morgan fingerprint density at radius 3 is 2.53 bits per heavy atom. The topological polar surface area (TPSA) is 46.2 Å². The van der Waals surface area contributed by atoms with E-state index in [0.29, 0.717) is 5.69 Å². The second kappa shape index (κ2) is 5.91. The molecule has 0 spiro atoms. The Bertz CT molecular complexity index is 481. The highest BCUT2D eigenvalue weighted by atomic mass is 19.3. The van der Waals surface area contributed by atoms with Gasteiger partial charge >= 0.3 is 0 Å². The molecule has 0 saturated carbocycles. The van der Waals surface area contributed by atoms with E-state index in [1.807, 2.05) is 0 Å². The number of hydrogen-bond acceptors (Lipinski definition) is 2. The first kappa shape index (κ1) is 15.3. The van der Waals surface area contributed by atoms with E-state index in [1.165, 1.54) is 31.2 Å². The van der Waals surface area contributed by atoms with Gasteiger partial charge in [-0.2, -0.15) is 0 Å². The Labute approximate surface area is 111 Å². The van der Waals surface area contributed by atoms with E-state index in [0.717, 1.165) is 6.92 Å². The van der Waals surface area contributed by atoms with Crippen molar-refractivity contribution in [1.82, 2.24) is 0 Å². The second-order valence-corrected chi connectivity index (χ2v) is 4.73. The Morgan fingerprint density at radius 2 is 2.00 bits per heavy atom. The van der Waals surface area contributed by atoms with Gasteiger partial charge in [-0.15, -0.1) is 0 Å². The molecule has 1 rings (SSSR count). The minimum atomic E-state index is -2.95. The molecule has 1 atom stereocenters. The van der Waals surface area contributed by atoms with Crippen molar-refractivity contribution in [1.29, 1.82) is 0 Å². The van der Waals surface area contributed by atoms with Crippen molar-refractivity contribution in [2.24, 2.45) is 5.92 Å². The number of benzene rings is 1. The zero-order valence-electron chi connectivity index (χ0n) is 11.2. The first-order valence-electron chi connectivity index (χ1n) is 5.99. The van der Waals surface area contributed by atoms with Crippen LogP contribution in [0.5, 0.6) is 0 Å². The summed E-state index contributed by atoms with van der Waals surface area (Å²) in [6.45, 7) is 3.86. The van der Waals surface area contributed by atoms with E-state index >= 15 is 0 Å². The summed E-state index contributed by atoms with van der Waals surface area (Å²) >= 11 is 0. The predicted octanol–water partition coefficient (Wildman–Crippen LogP) is 3.35. The molecule has 0 saturated heterocycles. The highest BCUT2D eigenvalue weighted by Gasteiger charge is 2.24. The molecular formula is C14H17F2NO2. The first-order chi connectivity index (χ1) is 8.70. The summed E-state index contributed by atoms with van der Waals surface area (Å²) in [6, 6.07) is 5.52. The quantitative estimate of drug-likeness (QED) is 0.891. The molecule has 1 amide bonds. The number of hydrogen-bond donors (Lipinski definition) is 1. The number of halogens is 2. The third kappa shape index (κ3) is 4.77. The number of carbonyl (C=O) groups excluding carboxylic acids is 2. The van der Waals surface area contributed by atoms with Gasteiger partial charge in [0.25, 0.3) is 5.92 Å². The summed E-state index contributed by atoms with van der Waals surface area (Å²) < 4.78 is 26.3. The van der Waals surface area contributed by atoms with Gasteiger partial charge in [-0.05, 0) is 19.1 Å². The maximum absolute atomic E-state index is 13.1. The van der Waals surface area contributed by atoms with E-state index in [-0.39, 0.29) is 29.6 Å². The summed E-state index contributed by atoms with van der Waals surface area (Å²) in [7, 11) is 0. The number of Topliss-reactive ketones (excluding diaryl/α,β-unsaturated/α-hetero) is 1. The standard InChI is InChI=1S/C14H17F2NO2/c1-9(10(2)18)7-13(19)17-12-6-4-5-11(8-12)14(3,15)16/h4-6,8-9H,7H2,1-3H3,(H,17,19). The number of anilines is 1. The molecule has 0 aromatic heterocycles. The van der Waals surface area contributed by atoms with Crippen LogP contribution in [0.25, 0.3) is 0 Å². The van der Waals surface area contributed by atoms with Gasteiger partial charge < -0.3 is 5.32 Å². The highest BCUT2D eigenvalue weighted by molar-refractivity contribution is 5.94. The van der Waals surface area contributed by atoms with Crippen LogP contribution in [0, 0.1) is 5.92 Å². The van der Waals surface area contributed by atoms with E-state index < -0.39 is 5.92 Å². The number of carbonyl (C=O) groups is 2. The van der Waals surface area contributed by atoms with Crippen LogP contribution in [0.4, 0.5) is 14.5 Å². The van der Waals surface area contributed by atoms with Crippen LogP contribution < -0.4 is 5.32 Å². The molecule has 1 aromatic rings. The van der Waals surface area contributed by atoms with Gasteiger partial charge in [0.2, 0.25) is 5.91 Å². The van der Waals surface area contributed by atoms with Crippen LogP contribution in [-0.4, -0.2) is 11.7 Å². The van der Waals surface area contributed by atoms with Gasteiger partial charge in [0.1, 0.15) is 5.78 Å². The molecule has 104 valence electrons. The molecule has 0 heterocycles. The minimum Gasteiger partial charge on any atom is -0.326 e. The number of nitrogens with one attached hydrogen (secondary N) is 1. The Morgan fingerprint density at radius 1 is 1.37 bits per heavy atom.